The molecule has 0 saturated carbocycles. The Morgan fingerprint density at radius 2 is 1.58 bits per heavy atom. The zero-order valence-electron chi connectivity index (χ0n) is 17.4. The van der Waals surface area contributed by atoms with Crippen LogP contribution in [0.15, 0.2) is 16.7 Å². The van der Waals surface area contributed by atoms with Gasteiger partial charge in [-0.15, -0.1) is 0 Å². The van der Waals surface area contributed by atoms with Crippen LogP contribution in [0.3, 0.4) is 0 Å². The van der Waals surface area contributed by atoms with Gasteiger partial charge in [-0.05, 0) is 23.7 Å². The highest BCUT2D eigenvalue weighted by Crippen LogP contribution is 2.12. The van der Waals surface area contributed by atoms with E-state index in [0.717, 1.165) is 0 Å². The molecule has 2 amide bonds. The Labute approximate surface area is 184 Å². The van der Waals surface area contributed by atoms with E-state index in [1.165, 1.54) is 21.5 Å². The number of aryl methyl sites for hydroxylation is 2. The number of carbonyl (C=O) groups excluding carboxylic acids is 2. The van der Waals surface area contributed by atoms with E-state index in [9.17, 15) is 29.8 Å². The van der Waals surface area contributed by atoms with Gasteiger partial charge in [0, 0.05) is 13.1 Å². The first kappa shape index (κ1) is 23.0. The molecule has 0 aliphatic rings. The van der Waals surface area contributed by atoms with Crippen molar-refractivity contribution in [1.82, 2.24) is 40.3 Å². The van der Waals surface area contributed by atoms with Gasteiger partial charge >= 0.3 is 23.4 Å². The molecule has 3 aromatic rings. The van der Waals surface area contributed by atoms with Crippen LogP contribution in [0.2, 0.25) is 0 Å². The van der Waals surface area contributed by atoms with Crippen molar-refractivity contribution in [3.8, 4) is 0 Å². The number of nitrogens with one attached hydrogen (secondary N) is 2. The molecule has 0 fully saturated rings. The first-order valence-electron chi connectivity index (χ1n) is 9.39. The second kappa shape index (κ2) is 9.62. The molecule has 0 unspecified atom stereocenters. The quantitative estimate of drug-likeness (QED) is 0.222. The van der Waals surface area contributed by atoms with Crippen molar-refractivity contribution >= 4 is 23.5 Å². The van der Waals surface area contributed by atoms with E-state index in [-0.39, 0.29) is 49.5 Å². The Morgan fingerprint density at radius 1 is 1.00 bits per heavy atom. The predicted molar refractivity (Wildman–Crippen MR) is 106 cm³/mol. The molecule has 0 atom stereocenters. The van der Waals surface area contributed by atoms with Crippen LogP contribution >= 0.6 is 0 Å². The molecule has 0 aliphatic carbocycles. The standard InChI is InChI=1S/C16H18N10O7/c1-9-5-12(25(29)30)20-23(9)7-11-19-16(33-22-11)15(28)18-4-3-17-14(27)8-24-10(2)6-13(21-24)26(31)32/h5-6H,3-4,7-8H2,1-2H3,(H,17,27)(H,18,28). The van der Waals surface area contributed by atoms with Crippen LogP contribution in [-0.2, 0) is 17.9 Å². The average molecular weight is 462 g/mol. The van der Waals surface area contributed by atoms with Gasteiger partial charge in [-0.3, -0.25) is 9.59 Å². The first-order valence-corrected chi connectivity index (χ1v) is 9.39. The molecule has 3 heterocycles. The van der Waals surface area contributed by atoms with Crippen LogP contribution in [0.4, 0.5) is 11.6 Å². The highest BCUT2D eigenvalue weighted by atomic mass is 16.6. The first-order chi connectivity index (χ1) is 15.6. The Hall–Kier alpha value is -4.70. The van der Waals surface area contributed by atoms with Crippen LogP contribution in [0.25, 0.3) is 0 Å². The molecule has 0 radical (unpaired) electrons. The van der Waals surface area contributed by atoms with E-state index >= 15 is 0 Å². The van der Waals surface area contributed by atoms with Crippen LogP contribution in [-0.4, -0.2) is 64.5 Å². The highest BCUT2D eigenvalue weighted by Gasteiger charge is 2.20. The van der Waals surface area contributed by atoms with Gasteiger partial charge < -0.3 is 35.4 Å². The second-order valence-electron chi connectivity index (χ2n) is 6.74. The van der Waals surface area contributed by atoms with Crippen LogP contribution in [0.5, 0.6) is 0 Å². The molecule has 0 spiro atoms. The topological polar surface area (TPSA) is 219 Å². The Morgan fingerprint density at radius 3 is 2.18 bits per heavy atom. The maximum absolute atomic E-state index is 12.1. The van der Waals surface area contributed by atoms with E-state index in [1.807, 2.05) is 0 Å². The molecule has 2 N–H and O–H groups in total. The fourth-order valence-corrected chi connectivity index (χ4v) is 2.67. The van der Waals surface area contributed by atoms with Crippen molar-refractivity contribution in [2.45, 2.75) is 26.9 Å². The van der Waals surface area contributed by atoms with Crippen molar-refractivity contribution in [3.05, 3.63) is 55.5 Å². The average Bonchev–Trinajstić information content (AvgIpc) is 3.46. The molecule has 17 heteroatoms. The van der Waals surface area contributed by atoms with E-state index in [1.54, 1.807) is 13.8 Å². The fraction of sp³-hybridized carbons (Fsp3) is 0.375. The monoisotopic (exact) mass is 462 g/mol. The highest BCUT2D eigenvalue weighted by molar-refractivity contribution is 5.89. The van der Waals surface area contributed by atoms with E-state index in [0.29, 0.717) is 11.4 Å². The Kier molecular flexibility index (Phi) is 6.70. The van der Waals surface area contributed by atoms with E-state index < -0.39 is 21.7 Å². The lowest BCUT2D eigenvalue weighted by Crippen LogP contribution is -2.36. The van der Waals surface area contributed by atoms with Crippen molar-refractivity contribution in [1.29, 1.82) is 0 Å². The van der Waals surface area contributed by atoms with Crippen molar-refractivity contribution in [2.24, 2.45) is 0 Å². The number of aromatic nitrogens is 6. The summed E-state index contributed by atoms with van der Waals surface area (Å²) in [4.78, 5) is 48.2. The summed E-state index contributed by atoms with van der Waals surface area (Å²) in [6, 6.07) is 2.54. The summed E-state index contributed by atoms with van der Waals surface area (Å²) in [7, 11) is 0. The van der Waals surface area contributed by atoms with Crippen molar-refractivity contribution in [2.75, 3.05) is 13.1 Å². The lowest BCUT2D eigenvalue weighted by Gasteiger charge is -2.05. The van der Waals surface area contributed by atoms with Crippen LogP contribution in [0, 0.1) is 34.1 Å². The number of amides is 2. The molecule has 0 saturated heterocycles. The molecule has 3 rings (SSSR count). The normalized spacial score (nSPS) is 10.7. The van der Waals surface area contributed by atoms with E-state index in [2.05, 4.69) is 31.0 Å². The summed E-state index contributed by atoms with van der Waals surface area (Å²) in [6.45, 7) is 3.08. The molecule has 0 bridgehead atoms. The molecular weight excluding hydrogens is 444 g/mol. The molecule has 3 aromatic heterocycles. The van der Waals surface area contributed by atoms with Crippen LogP contribution < -0.4 is 10.6 Å². The van der Waals surface area contributed by atoms with Gasteiger partial charge in [0.15, 0.2) is 5.82 Å². The lowest BCUT2D eigenvalue weighted by atomic mass is 10.4. The Balaban J connectivity index is 1.44. The number of nitrogens with zero attached hydrogens (tertiary/aromatic N) is 8. The SMILES string of the molecule is Cc1cc([N+](=O)[O-])nn1CC(=O)NCCNC(=O)c1nc(Cn2nc([N+](=O)[O-])cc2C)no1. The minimum absolute atomic E-state index is 0.0302. The van der Waals surface area contributed by atoms with Gasteiger partial charge in [-0.25, -0.2) is 0 Å². The number of nitro groups is 2. The van der Waals surface area contributed by atoms with Crippen LogP contribution in [0.1, 0.15) is 27.9 Å². The van der Waals surface area contributed by atoms with Gasteiger partial charge in [0.2, 0.25) is 5.91 Å². The number of rotatable bonds is 10. The predicted octanol–water partition coefficient (Wildman–Crippen LogP) is -0.510. The third kappa shape index (κ3) is 5.71. The number of hydrogen-bond acceptors (Lipinski definition) is 11. The minimum Gasteiger partial charge on any atom is -0.358 e. The summed E-state index contributed by atoms with van der Waals surface area (Å²) in [6.07, 6.45) is 0. The smallest absolute Gasteiger partial charge is 0.358 e. The Bertz CT molecular complexity index is 1210. The van der Waals surface area contributed by atoms with Gasteiger partial charge in [0.25, 0.3) is 0 Å². The van der Waals surface area contributed by atoms with Gasteiger partial charge in [0.05, 0.1) is 33.7 Å². The zero-order valence-corrected chi connectivity index (χ0v) is 17.4. The molecule has 0 aromatic carbocycles. The summed E-state index contributed by atoms with van der Waals surface area (Å²) in [5.41, 5.74) is 0.963. The fourth-order valence-electron chi connectivity index (χ4n) is 2.67. The third-order valence-electron chi connectivity index (χ3n) is 4.29. The molecule has 17 nitrogen and oxygen atoms in total. The van der Waals surface area contributed by atoms with Gasteiger partial charge in [-0.2, -0.15) is 14.3 Å². The number of carbonyl (C=O) groups is 2. The summed E-state index contributed by atoms with van der Waals surface area (Å²) >= 11 is 0. The lowest BCUT2D eigenvalue weighted by molar-refractivity contribution is -0.390. The largest absolute Gasteiger partial charge is 0.390 e. The van der Waals surface area contributed by atoms with Crippen molar-refractivity contribution in [3.63, 3.8) is 0 Å². The van der Waals surface area contributed by atoms with Crippen molar-refractivity contribution < 1.29 is 24.0 Å². The molecular formula is C16H18N10O7. The second-order valence-corrected chi connectivity index (χ2v) is 6.74. The molecule has 33 heavy (non-hydrogen) atoms. The van der Waals surface area contributed by atoms with E-state index in [4.69, 9.17) is 4.52 Å². The summed E-state index contributed by atoms with van der Waals surface area (Å²) in [5.74, 6) is -2.03. The van der Waals surface area contributed by atoms with Gasteiger partial charge in [0.1, 0.15) is 13.1 Å². The zero-order chi connectivity index (χ0) is 24.1. The van der Waals surface area contributed by atoms with Gasteiger partial charge in [-0.1, -0.05) is 5.16 Å². The summed E-state index contributed by atoms with van der Waals surface area (Å²) in [5, 5.41) is 37.7. The summed E-state index contributed by atoms with van der Waals surface area (Å²) < 4.78 is 7.38. The third-order valence-corrected chi connectivity index (χ3v) is 4.29. The minimum atomic E-state index is -0.676. The molecule has 174 valence electrons. The number of hydrogen-bond donors (Lipinski definition) is 2. The molecule has 0 aliphatic heterocycles. The maximum atomic E-state index is 12.1. The maximum Gasteiger partial charge on any atom is 0.390 e.